The molecule has 1 fully saturated rings. The van der Waals surface area contributed by atoms with Gasteiger partial charge in [0.2, 0.25) is 0 Å². The van der Waals surface area contributed by atoms with Gasteiger partial charge in [-0.2, -0.15) is 0 Å². The first-order chi connectivity index (χ1) is 8.75. The van der Waals surface area contributed by atoms with Crippen molar-refractivity contribution in [1.82, 2.24) is 0 Å². The standard InChI is InChI=1S/C16H16FN/c1-12-11-16(13-5-3-2-4-6-13)18(12)15-9-7-14(17)8-10-15/h2-3,5,7-10,16H,1,4,6,11H2. The topological polar surface area (TPSA) is 3.24 Å². The maximum atomic E-state index is 13.0. The zero-order chi connectivity index (χ0) is 12.5. The molecule has 1 aliphatic heterocycles. The van der Waals surface area contributed by atoms with E-state index in [1.807, 2.05) is 12.1 Å². The Kier molecular flexibility index (Phi) is 2.78. The van der Waals surface area contributed by atoms with Crippen molar-refractivity contribution in [3.05, 3.63) is 66.2 Å². The SMILES string of the molecule is C=C1CC(C2=CC=CCC2)N1c1ccc(F)cc1. The summed E-state index contributed by atoms with van der Waals surface area (Å²) in [5.74, 6) is -0.193. The zero-order valence-corrected chi connectivity index (χ0v) is 10.3. The van der Waals surface area contributed by atoms with Gasteiger partial charge in [-0.25, -0.2) is 4.39 Å². The fraction of sp³-hybridized carbons (Fsp3) is 0.250. The van der Waals surface area contributed by atoms with E-state index in [2.05, 4.69) is 29.7 Å². The highest BCUT2D eigenvalue weighted by Crippen LogP contribution is 2.39. The van der Waals surface area contributed by atoms with Gasteiger partial charge in [-0.3, -0.25) is 0 Å². The van der Waals surface area contributed by atoms with Gasteiger partial charge in [0.25, 0.3) is 0 Å². The Balaban J connectivity index is 1.86. The Morgan fingerprint density at radius 3 is 2.61 bits per heavy atom. The Morgan fingerprint density at radius 2 is 2.00 bits per heavy atom. The fourth-order valence-corrected chi connectivity index (χ4v) is 2.68. The number of rotatable bonds is 2. The van der Waals surface area contributed by atoms with E-state index < -0.39 is 0 Å². The van der Waals surface area contributed by atoms with Gasteiger partial charge in [0.15, 0.2) is 0 Å². The number of allylic oxidation sites excluding steroid dienone is 3. The highest BCUT2D eigenvalue weighted by atomic mass is 19.1. The van der Waals surface area contributed by atoms with Gasteiger partial charge in [0.05, 0.1) is 6.04 Å². The van der Waals surface area contributed by atoms with Crippen LogP contribution in [0.15, 0.2) is 60.3 Å². The molecule has 0 aromatic heterocycles. The second-order valence-corrected chi connectivity index (χ2v) is 4.84. The van der Waals surface area contributed by atoms with Crippen LogP contribution in [0.3, 0.4) is 0 Å². The van der Waals surface area contributed by atoms with Crippen LogP contribution >= 0.6 is 0 Å². The molecular weight excluding hydrogens is 225 g/mol. The van der Waals surface area contributed by atoms with Crippen molar-refractivity contribution in [3.63, 3.8) is 0 Å². The Hall–Kier alpha value is -1.83. The summed E-state index contributed by atoms with van der Waals surface area (Å²) in [6, 6.07) is 7.07. The summed E-state index contributed by atoms with van der Waals surface area (Å²) in [5.41, 5.74) is 3.60. The van der Waals surface area contributed by atoms with Crippen LogP contribution in [0.4, 0.5) is 10.1 Å². The van der Waals surface area contributed by atoms with Gasteiger partial charge in [-0.1, -0.05) is 24.8 Å². The highest BCUT2D eigenvalue weighted by Gasteiger charge is 2.34. The van der Waals surface area contributed by atoms with Gasteiger partial charge >= 0.3 is 0 Å². The molecule has 1 saturated heterocycles. The van der Waals surface area contributed by atoms with E-state index in [0.717, 1.165) is 30.6 Å². The van der Waals surface area contributed by atoms with Crippen LogP contribution in [0, 0.1) is 5.82 Å². The average Bonchev–Trinajstić information content (AvgIpc) is 2.39. The molecule has 1 heterocycles. The van der Waals surface area contributed by atoms with Gasteiger partial charge < -0.3 is 4.90 Å². The molecule has 1 aromatic rings. The van der Waals surface area contributed by atoms with E-state index in [9.17, 15) is 4.39 Å². The third-order valence-electron chi connectivity index (χ3n) is 3.66. The van der Waals surface area contributed by atoms with Crippen LogP contribution in [-0.2, 0) is 0 Å². The summed E-state index contributed by atoms with van der Waals surface area (Å²) in [5, 5.41) is 0. The van der Waals surface area contributed by atoms with E-state index >= 15 is 0 Å². The maximum absolute atomic E-state index is 13.0. The molecule has 0 bridgehead atoms. The third kappa shape index (κ3) is 1.88. The predicted molar refractivity (Wildman–Crippen MR) is 72.9 cm³/mol. The van der Waals surface area contributed by atoms with Crippen molar-refractivity contribution in [2.75, 3.05) is 4.90 Å². The van der Waals surface area contributed by atoms with Crippen molar-refractivity contribution in [2.45, 2.75) is 25.3 Å². The molecular formula is C16H16FN. The van der Waals surface area contributed by atoms with E-state index in [1.165, 1.54) is 17.7 Å². The number of hydrogen-bond donors (Lipinski definition) is 0. The van der Waals surface area contributed by atoms with E-state index in [-0.39, 0.29) is 5.82 Å². The van der Waals surface area contributed by atoms with Crippen LogP contribution in [0.2, 0.25) is 0 Å². The minimum absolute atomic E-state index is 0.193. The highest BCUT2D eigenvalue weighted by molar-refractivity contribution is 5.60. The van der Waals surface area contributed by atoms with Crippen LogP contribution in [-0.4, -0.2) is 6.04 Å². The lowest BCUT2D eigenvalue weighted by Crippen LogP contribution is -2.46. The van der Waals surface area contributed by atoms with Crippen LogP contribution < -0.4 is 4.90 Å². The molecule has 92 valence electrons. The molecule has 3 rings (SSSR count). The van der Waals surface area contributed by atoms with E-state index in [0.29, 0.717) is 6.04 Å². The van der Waals surface area contributed by atoms with Gasteiger partial charge in [0.1, 0.15) is 5.82 Å². The summed E-state index contributed by atoms with van der Waals surface area (Å²) in [6.07, 6.45) is 9.77. The first-order valence-corrected chi connectivity index (χ1v) is 6.34. The van der Waals surface area contributed by atoms with Crippen molar-refractivity contribution >= 4 is 5.69 Å². The maximum Gasteiger partial charge on any atom is 0.123 e. The van der Waals surface area contributed by atoms with Crippen molar-refractivity contribution < 1.29 is 4.39 Å². The largest absolute Gasteiger partial charge is 0.338 e. The lowest BCUT2D eigenvalue weighted by Gasteiger charge is -2.46. The number of nitrogens with zero attached hydrogens (tertiary/aromatic N) is 1. The lowest BCUT2D eigenvalue weighted by molar-refractivity contribution is 0.565. The van der Waals surface area contributed by atoms with E-state index in [4.69, 9.17) is 0 Å². The second kappa shape index (κ2) is 4.45. The molecule has 0 radical (unpaired) electrons. The normalized spacial score (nSPS) is 22.7. The average molecular weight is 241 g/mol. The van der Waals surface area contributed by atoms with Crippen molar-refractivity contribution in [3.8, 4) is 0 Å². The minimum Gasteiger partial charge on any atom is -0.338 e. The summed E-state index contributed by atoms with van der Waals surface area (Å²) in [6.45, 7) is 4.07. The molecule has 1 nitrogen and oxygen atoms in total. The quantitative estimate of drug-likeness (QED) is 0.750. The number of halogens is 1. The van der Waals surface area contributed by atoms with Crippen molar-refractivity contribution in [1.29, 1.82) is 0 Å². The predicted octanol–water partition coefficient (Wildman–Crippen LogP) is 4.19. The zero-order valence-electron chi connectivity index (χ0n) is 10.3. The molecule has 0 N–H and O–H groups in total. The number of anilines is 1. The molecule has 0 saturated carbocycles. The summed E-state index contributed by atoms with van der Waals surface area (Å²) in [7, 11) is 0. The first kappa shape index (κ1) is 11.3. The smallest absolute Gasteiger partial charge is 0.123 e. The second-order valence-electron chi connectivity index (χ2n) is 4.84. The Labute approximate surface area is 107 Å². The van der Waals surface area contributed by atoms with Crippen LogP contribution in [0.5, 0.6) is 0 Å². The molecule has 2 heteroatoms. The first-order valence-electron chi connectivity index (χ1n) is 6.34. The summed E-state index contributed by atoms with van der Waals surface area (Å²) >= 11 is 0. The van der Waals surface area contributed by atoms with Gasteiger partial charge in [0, 0.05) is 17.8 Å². The van der Waals surface area contributed by atoms with Gasteiger partial charge in [-0.05, 0) is 42.7 Å². The molecule has 0 spiro atoms. The van der Waals surface area contributed by atoms with Gasteiger partial charge in [-0.15, -0.1) is 0 Å². The third-order valence-corrected chi connectivity index (χ3v) is 3.66. The van der Waals surface area contributed by atoms with Crippen LogP contribution in [0.25, 0.3) is 0 Å². The Morgan fingerprint density at radius 1 is 1.22 bits per heavy atom. The lowest BCUT2D eigenvalue weighted by atomic mass is 9.86. The number of benzene rings is 1. The minimum atomic E-state index is -0.193. The molecule has 1 aliphatic carbocycles. The Bertz CT molecular complexity index is 525. The molecule has 1 atom stereocenters. The summed E-state index contributed by atoms with van der Waals surface area (Å²) in [4.78, 5) is 2.21. The summed E-state index contributed by atoms with van der Waals surface area (Å²) < 4.78 is 13.0. The molecule has 1 unspecified atom stereocenters. The van der Waals surface area contributed by atoms with E-state index in [1.54, 1.807) is 0 Å². The monoisotopic (exact) mass is 241 g/mol. The van der Waals surface area contributed by atoms with Crippen LogP contribution in [0.1, 0.15) is 19.3 Å². The van der Waals surface area contributed by atoms with Crippen molar-refractivity contribution in [2.24, 2.45) is 0 Å². The molecule has 18 heavy (non-hydrogen) atoms. The number of hydrogen-bond acceptors (Lipinski definition) is 1. The fourth-order valence-electron chi connectivity index (χ4n) is 2.68. The molecule has 2 aliphatic rings. The molecule has 1 aromatic carbocycles. The molecule has 0 amide bonds.